The van der Waals surface area contributed by atoms with Gasteiger partial charge in [-0.2, -0.15) is 18.3 Å². The van der Waals surface area contributed by atoms with Crippen LogP contribution in [0, 0.1) is 0 Å². The van der Waals surface area contributed by atoms with Crippen molar-refractivity contribution in [3.05, 3.63) is 34.1 Å². The number of carbonyl (C=O) groups excluding carboxylic acids is 1. The number of aliphatic hydroxyl groups excluding tert-OH is 1. The Hall–Kier alpha value is -1.73. The van der Waals surface area contributed by atoms with Gasteiger partial charge >= 0.3 is 14.0 Å². The van der Waals surface area contributed by atoms with Crippen molar-refractivity contribution >= 4 is 30.8 Å². The Bertz CT molecular complexity index is 1240. The Labute approximate surface area is 215 Å². The van der Waals surface area contributed by atoms with Crippen LogP contribution in [-0.4, -0.2) is 72.0 Å². The smallest absolute Gasteiger partial charge is 0.372 e. The molecule has 1 amide bonds. The van der Waals surface area contributed by atoms with E-state index in [9.17, 15) is 27.6 Å². The van der Waals surface area contributed by atoms with Crippen LogP contribution in [0.4, 0.5) is 13.2 Å². The first-order chi connectivity index (χ1) is 17.3. The molecule has 3 heterocycles. The summed E-state index contributed by atoms with van der Waals surface area (Å²) in [6, 6.07) is 2.53. The minimum absolute atomic E-state index is 0.0505. The maximum Gasteiger partial charge on any atom is 0.469 e. The highest BCUT2D eigenvalue weighted by molar-refractivity contribution is 7.46. The van der Waals surface area contributed by atoms with Gasteiger partial charge in [-0.25, -0.2) is 9.08 Å². The molecule has 15 heteroatoms. The largest absolute Gasteiger partial charge is 0.469 e. The molecule has 0 spiro atoms. The van der Waals surface area contributed by atoms with Gasteiger partial charge in [0.2, 0.25) is 5.91 Å². The summed E-state index contributed by atoms with van der Waals surface area (Å²) in [4.78, 5) is 34.0. The molecule has 1 aliphatic heterocycles. The second kappa shape index (κ2) is 9.78. The molecule has 3 aliphatic rings. The van der Waals surface area contributed by atoms with Gasteiger partial charge in [0.05, 0.1) is 23.2 Å². The quantitative estimate of drug-likeness (QED) is 0.454. The Morgan fingerprint density at radius 2 is 1.78 bits per heavy atom. The average molecular weight is 567 g/mol. The average Bonchev–Trinajstić information content (AvgIpc) is 3.61. The number of phosphoric ester groups is 1. The van der Waals surface area contributed by atoms with E-state index in [1.54, 1.807) is 11.0 Å². The number of hydrogen-bond acceptors (Lipinski definition) is 6. The third-order valence-electron chi connectivity index (χ3n) is 7.31. The number of nitrogens with zero attached hydrogens (tertiary/aromatic N) is 4. The lowest BCUT2D eigenvalue weighted by Crippen LogP contribution is -2.55. The number of aliphatic hydroxyl groups is 1. The van der Waals surface area contributed by atoms with Crippen molar-refractivity contribution in [1.82, 2.24) is 19.4 Å². The number of fused-ring (bicyclic) bond motifs is 1. The van der Waals surface area contributed by atoms with Crippen molar-refractivity contribution < 1.29 is 41.9 Å². The topological polar surface area (TPSA) is 128 Å². The monoisotopic (exact) mass is 566 g/mol. The first-order valence-corrected chi connectivity index (χ1v) is 14.0. The van der Waals surface area contributed by atoms with Crippen molar-refractivity contribution in [2.45, 2.75) is 69.0 Å². The second-order valence-corrected chi connectivity index (χ2v) is 11.5. The molecule has 204 valence electrons. The molecule has 10 nitrogen and oxygen atoms in total. The Morgan fingerprint density at radius 3 is 2.35 bits per heavy atom. The summed E-state index contributed by atoms with van der Waals surface area (Å²) in [6.45, 7) is 0.342. The van der Waals surface area contributed by atoms with Crippen molar-refractivity contribution in [2.75, 3.05) is 19.6 Å². The summed E-state index contributed by atoms with van der Waals surface area (Å²) in [5, 5.41) is 14.9. The molecule has 3 fully saturated rings. The zero-order chi connectivity index (χ0) is 26.7. The number of carbonyl (C=O) groups is 1. The molecule has 0 bridgehead atoms. The van der Waals surface area contributed by atoms with Gasteiger partial charge in [0.25, 0.3) is 0 Å². The minimum Gasteiger partial charge on any atom is -0.372 e. The van der Waals surface area contributed by atoms with E-state index in [0.29, 0.717) is 35.8 Å². The number of amides is 1. The van der Waals surface area contributed by atoms with E-state index in [0.717, 1.165) is 18.9 Å². The highest BCUT2D eigenvalue weighted by Gasteiger charge is 2.40. The highest BCUT2D eigenvalue weighted by atomic mass is 35.5. The molecule has 2 aliphatic carbocycles. The number of pyridine rings is 1. The summed E-state index contributed by atoms with van der Waals surface area (Å²) in [7, 11) is -4.58. The lowest BCUT2D eigenvalue weighted by molar-refractivity contribution is -0.146. The predicted octanol–water partition coefficient (Wildman–Crippen LogP) is 3.44. The zero-order valence-corrected chi connectivity index (χ0v) is 21.3. The fraction of sp³-hybridized carbons (Fsp3) is 0.636. The van der Waals surface area contributed by atoms with Gasteiger partial charge in [-0.1, -0.05) is 11.6 Å². The van der Waals surface area contributed by atoms with Crippen LogP contribution in [-0.2, 0) is 20.1 Å². The van der Waals surface area contributed by atoms with Crippen LogP contribution in [0.25, 0.3) is 5.52 Å². The van der Waals surface area contributed by atoms with Gasteiger partial charge in [0, 0.05) is 19.1 Å². The minimum atomic E-state index is -4.67. The molecular weight excluding hydrogens is 540 g/mol. The fourth-order valence-corrected chi connectivity index (χ4v) is 6.17. The lowest BCUT2D eigenvalue weighted by Gasteiger charge is -2.42. The summed E-state index contributed by atoms with van der Waals surface area (Å²) in [5.74, 6) is -0.217. The second-order valence-electron chi connectivity index (χ2n) is 9.90. The van der Waals surface area contributed by atoms with Gasteiger partial charge in [-0.05, 0) is 62.1 Å². The van der Waals surface area contributed by atoms with Crippen LogP contribution in [0.2, 0.25) is 5.02 Å². The molecule has 1 atom stereocenters. The predicted molar refractivity (Wildman–Crippen MR) is 125 cm³/mol. The normalized spacial score (nSPS) is 25.2. The van der Waals surface area contributed by atoms with Crippen LogP contribution < -0.4 is 0 Å². The SMILES string of the molecule is O=C1CN(C(O)c2nn3c(C(F)(F)F)cc(C4CC4)cc3c2Cl)CCN1C1CCC(OP(=O)(O)O)CC1. The zero-order valence-electron chi connectivity index (χ0n) is 19.6. The molecule has 3 N–H and O–H groups in total. The third-order valence-corrected chi connectivity index (χ3v) is 8.27. The van der Waals surface area contributed by atoms with Gasteiger partial charge in [0.15, 0.2) is 6.23 Å². The van der Waals surface area contributed by atoms with E-state index in [-0.39, 0.29) is 53.7 Å². The van der Waals surface area contributed by atoms with E-state index < -0.39 is 32.0 Å². The highest BCUT2D eigenvalue weighted by Crippen LogP contribution is 2.44. The number of rotatable bonds is 6. The molecule has 5 rings (SSSR count). The number of hydrogen-bond donors (Lipinski definition) is 3. The molecule has 37 heavy (non-hydrogen) atoms. The third kappa shape index (κ3) is 5.68. The van der Waals surface area contributed by atoms with E-state index >= 15 is 0 Å². The first-order valence-electron chi connectivity index (χ1n) is 12.1. The Morgan fingerprint density at radius 1 is 1.11 bits per heavy atom. The molecule has 2 aromatic heterocycles. The fourth-order valence-electron chi connectivity index (χ4n) is 5.30. The van der Waals surface area contributed by atoms with Gasteiger partial charge in [0.1, 0.15) is 11.4 Å². The summed E-state index contributed by atoms with van der Waals surface area (Å²) in [5.41, 5.74) is -0.512. The van der Waals surface area contributed by atoms with Crippen LogP contribution >= 0.6 is 19.4 Å². The molecule has 2 aromatic rings. The van der Waals surface area contributed by atoms with Crippen molar-refractivity contribution in [1.29, 1.82) is 0 Å². The number of aromatic nitrogens is 2. The lowest BCUT2D eigenvalue weighted by atomic mass is 9.91. The van der Waals surface area contributed by atoms with Crippen molar-refractivity contribution in [2.24, 2.45) is 0 Å². The Kier molecular flexibility index (Phi) is 7.10. The van der Waals surface area contributed by atoms with Crippen molar-refractivity contribution in [3.8, 4) is 0 Å². The van der Waals surface area contributed by atoms with Gasteiger partial charge in [-0.3, -0.25) is 14.2 Å². The van der Waals surface area contributed by atoms with E-state index in [2.05, 4.69) is 5.10 Å². The van der Waals surface area contributed by atoms with E-state index in [4.69, 9.17) is 25.9 Å². The summed E-state index contributed by atoms with van der Waals surface area (Å²) < 4.78 is 57.9. The number of halogens is 4. The summed E-state index contributed by atoms with van der Waals surface area (Å²) in [6.07, 6.45) is -3.29. The van der Waals surface area contributed by atoms with Crippen LogP contribution in [0.3, 0.4) is 0 Å². The molecule has 1 unspecified atom stereocenters. The number of alkyl halides is 3. The maximum absolute atomic E-state index is 13.8. The maximum atomic E-state index is 13.8. The van der Waals surface area contributed by atoms with Gasteiger partial charge in [-0.15, -0.1) is 0 Å². The number of piperazine rings is 1. The molecule has 1 saturated heterocycles. The summed E-state index contributed by atoms with van der Waals surface area (Å²) >= 11 is 6.44. The molecule has 2 saturated carbocycles. The standard InChI is InChI=1S/C22H27ClF3N4O6P/c23-19-16-9-13(12-1-2-12)10-17(22(24,25)26)30(16)27-20(19)21(32)28-7-8-29(18(31)11-28)14-3-5-15(6-4-14)36-37(33,34)35/h9-10,12,14-15,21,32H,1-8,11H2,(H2,33,34,35). The first kappa shape index (κ1) is 26.9. The molecule has 0 aromatic carbocycles. The van der Waals surface area contributed by atoms with Gasteiger partial charge < -0.3 is 19.8 Å². The number of phosphoric acid groups is 1. The van der Waals surface area contributed by atoms with Crippen LogP contribution in [0.15, 0.2) is 12.1 Å². The van der Waals surface area contributed by atoms with Crippen LogP contribution in [0.5, 0.6) is 0 Å². The molecular formula is C22H27ClF3N4O6P. The van der Waals surface area contributed by atoms with E-state index in [1.807, 2.05) is 0 Å². The van der Waals surface area contributed by atoms with Crippen molar-refractivity contribution in [3.63, 3.8) is 0 Å². The van der Waals surface area contributed by atoms with E-state index in [1.165, 1.54) is 4.90 Å². The Balaban J connectivity index is 1.30. The molecule has 0 radical (unpaired) electrons. The van der Waals surface area contributed by atoms with Crippen LogP contribution in [0.1, 0.15) is 67.6 Å².